The standard InChI is InChI=1S/C19H25NO/c1-16(15-18-7-4-3-5-8-18)20-14-6-9-17-10-12-19(21-2)13-11-17/h3-5,7-8,10-13,16,20H,6,9,14-15H2,1-2H3. The van der Waals surface area contributed by atoms with Crippen LogP contribution in [0.3, 0.4) is 0 Å². The molecule has 2 heteroatoms. The van der Waals surface area contributed by atoms with Crippen molar-refractivity contribution in [2.24, 2.45) is 0 Å². The monoisotopic (exact) mass is 283 g/mol. The van der Waals surface area contributed by atoms with Gasteiger partial charge in [-0.15, -0.1) is 0 Å². The van der Waals surface area contributed by atoms with Gasteiger partial charge in [0.15, 0.2) is 0 Å². The first kappa shape index (κ1) is 15.6. The highest BCUT2D eigenvalue weighted by Gasteiger charge is 2.02. The molecular weight excluding hydrogens is 258 g/mol. The smallest absolute Gasteiger partial charge is 0.118 e. The van der Waals surface area contributed by atoms with E-state index >= 15 is 0 Å². The summed E-state index contributed by atoms with van der Waals surface area (Å²) in [5.74, 6) is 0.924. The lowest BCUT2D eigenvalue weighted by molar-refractivity contribution is 0.414. The van der Waals surface area contributed by atoms with Crippen molar-refractivity contribution in [2.45, 2.75) is 32.2 Å². The molecule has 0 aliphatic rings. The van der Waals surface area contributed by atoms with Gasteiger partial charge in [0.05, 0.1) is 7.11 Å². The molecular formula is C19H25NO. The Balaban J connectivity index is 1.64. The molecule has 1 unspecified atom stereocenters. The summed E-state index contributed by atoms with van der Waals surface area (Å²) in [5.41, 5.74) is 2.76. The maximum Gasteiger partial charge on any atom is 0.118 e. The largest absolute Gasteiger partial charge is 0.497 e. The van der Waals surface area contributed by atoms with E-state index < -0.39 is 0 Å². The van der Waals surface area contributed by atoms with E-state index in [0.717, 1.165) is 31.6 Å². The van der Waals surface area contributed by atoms with Crippen LogP contribution < -0.4 is 10.1 Å². The number of rotatable bonds is 8. The molecule has 21 heavy (non-hydrogen) atoms. The Morgan fingerprint density at radius 1 is 0.952 bits per heavy atom. The molecule has 2 rings (SSSR count). The Hall–Kier alpha value is -1.80. The van der Waals surface area contributed by atoms with E-state index in [2.05, 4.69) is 54.7 Å². The van der Waals surface area contributed by atoms with Gasteiger partial charge in [-0.25, -0.2) is 0 Å². The Labute approximate surface area is 128 Å². The fourth-order valence-corrected chi connectivity index (χ4v) is 2.47. The van der Waals surface area contributed by atoms with E-state index in [1.165, 1.54) is 11.1 Å². The summed E-state index contributed by atoms with van der Waals surface area (Å²) < 4.78 is 5.17. The van der Waals surface area contributed by atoms with Crippen LogP contribution >= 0.6 is 0 Å². The van der Waals surface area contributed by atoms with Gasteiger partial charge >= 0.3 is 0 Å². The van der Waals surface area contributed by atoms with Gasteiger partial charge in [0.2, 0.25) is 0 Å². The SMILES string of the molecule is COc1ccc(CCCNC(C)Cc2ccccc2)cc1. The van der Waals surface area contributed by atoms with Crippen LogP contribution in [0, 0.1) is 0 Å². The molecule has 2 aromatic carbocycles. The van der Waals surface area contributed by atoms with Crippen LogP contribution in [0.4, 0.5) is 0 Å². The molecule has 0 fully saturated rings. The normalized spacial score (nSPS) is 12.1. The summed E-state index contributed by atoms with van der Waals surface area (Å²) >= 11 is 0. The molecule has 0 saturated heterocycles. The van der Waals surface area contributed by atoms with Crippen molar-refractivity contribution >= 4 is 0 Å². The molecule has 0 amide bonds. The highest BCUT2D eigenvalue weighted by Crippen LogP contribution is 2.12. The number of methoxy groups -OCH3 is 1. The fourth-order valence-electron chi connectivity index (χ4n) is 2.47. The molecule has 0 aliphatic heterocycles. The van der Waals surface area contributed by atoms with E-state index in [1.807, 2.05) is 12.1 Å². The number of ether oxygens (including phenoxy) is 1. The van der Waals surface area contributed by atoms with Crippen LogP contribution in [0.2, 0.25) is 0 Å². The van der Waals surface area contributed by atoms with Crippen molar-refractivity contribution < 1.29 is 4.74 Å². The zero-order chi connectivity index (χ0) is 14.9. The first-order valence-corrected chi connectivity index (χ1v) is 7.68. The van der Waals surface area contributed by atoms with Gasteiger partial charge in [0, 0.05) is 6.04 Å². The first-order valence-electron chi connectivity index (χ1n) is 7.68. The van der Waals surface area contributed by atoms with Crippen molar-refractivity contribution in [3.63, 3.8) is 0 Å². The van der Waals surface area contributed by atoms with Crippen molar-refractivity contribution in [3.05, 3.63) is 65.7 Å². The number of hydrogen-bond acceptors (Lipinski definition) is 2. The molecule has 112 valence electrons. The summed E-state index contributed by atoms with van der Waals surface area (Å²) in [4.78, 5) is 0. The third-order valence-corrected chi connectivity index (χ3v) is 3.68. The minimum Gasteiger partial charge on any atom is -0.497 e. The van der Waals surface area contributed by atoms with E-state index in [4.69, 9.17) is 4.74 Å². The zero-order valence-corrected chi connectivity index (χ0v) is 13.0. The first-order chi connectivity index (χ1) is 10.3. The quantitative estimate of drug-likeness (QED) is 0.743. The predicted octanol–water partition coefficient (Wildman–Crippen LogP) is 3.85. The number of aryl methyl sites for hydroxylation is 1. The van der Waals surface area contributed by atoms with E-state index in [-0.39, 0.29) is 0 Å². The minimum atomic E-state index is 0.517. The van der Waals surface area contributed by atoms with E-state index in [9.17, 15) is 0 Å². The molecule has 1 atom stereocenters. The Morgan fingerprint density at radius 3 is 2.33 bits per heavy atom. The molecule has 1 N–H and O–H groups in total. The fraction of sp³-hybridized carbons (Fsp3) is 0.368. The van der Waals surface area contributed by atoms with Crippen LogP contribution in [0.15, 0.2) is 54.6 Å². The summed E-state index contributed by atoms with van der Waals surface area (Å²) in [6, 6.07) is 19.5. The van der Waals surface area contributed by atoms with Crippen LogP contribution in [-0.4, -0.2) is 19.7 Å². The van der Waals surface area contributed by atoms with Crippen molar-refractivity contribution in [1.82, 2.24) is 5.32 Å². The topological polar surface area (TPSA) is 21.3 Å². The van der Waals surface area contributed by atoms with Crippen LogP contribution in [0.5, 0.6) is 5.75 Å². The number of benzene rings is 2. The van der Waals surface area contributed by atoms with Gasteiger partial charge in [-0.3, -0.25) is 0 Å². The molecule has 0 spiro atoms. The third-order valence-electron chi connectivity index (χ3n) is 3.68. The van der Waals surface area contributed by atoms with Gasteiger partial charge in [0.1, 0.15) is 5.75 Å². The van der Waals surface area contributed by atoms with Gasteiger partial charge in [-0.2, -0.15) is 0 Å². The second-order valence-corrected chi connectivity index (χ2v) is 5.50. The summed E-state index contributed by atoms with van der Waals surface area (Å²) in [6.07, 6.45) is 3.35. The summed E-state index contributed by atoms with van der Waals surface area (Å²) in [6.45, 7) is 3.31. The Bertz CT molecular complexity index is 507. The maximum absolute atomic E-state index is 5.17. The second kappa shape index (κ2) is 8.48. The van der Waals surface area contributed by atoms with Crippen molar-refractivity contribution in [2.75, 3.05) is 13.7 Å². The predicted molar refractivity (Wildman–Crippen MR) is 88.9 cm³/mol. The van der Waals surface area contributed by atoms with Crippen LogP contribution in [0.1, 0.15) is 24.5 Å². The van der Waals surface area contributed by atoms with Gasteiger partial charge in [-0.1, -0.05) is 42.5 Å². The summed E-state index contributed by atoms with van der Waals surface area (Å²) in [5, 5.41) is 3.60. The lowest BCUT2D eigenvalue weighted by Gasteiger charge is -2.14. The van der Waals surface area contributed by atoms with Crippen molar-refractivity contribution in [3.8, 4) is 5.75 Å². The van der Waals surface area contributed by atoms with Crippen LogP contribution in [0.25, 0.3) is 0 Å². The third kappa shape index (κ3) is 5.60. The number of hydrogen-bond donors (Lipinski definition) is 1. The molecule has 2 aromatic rings. The lowest BCUT2D eigenvalue weighted by Crippen LogP contribution is -2.29. The average Bonchev–Trinajstić information content (AvgIpc) is 2.53. The Kier molecular flexibility index (Phi) is 6.29. The van der Waals surface area contributed by atoms with Gasteiger partial charge in [0.25, 0.3) is 0 Å². The molecule has 0 aliphatic carbocycles. The van der Waals surface area contributed by atoms with Gasteiger partial charge in [-0.05, 0) is 56.0 Å². The van der Waals surface area contributed by atoms with Crippen LogP contribution in [-0.2, 0) is 12.8 Å². The maximum atomic E-state index is 5.17. The highest BCUT2D eigenvalue weighted by molar-refractivity contribution is 5.27. The highest BCUT2D eigenvalue weighted by atomic mass is 16.5. The molecule has 2 nitrogen and oxygen atoms in total. The minimum absolute atomic E-state index is 0.517. The average molecular weight is 283 g/mol. The van der Waals surface area contributed by atoms with Gasteiger partial charge < -0.3 is 10.1 Å². The summed E-state index contributed by atoms with van der Waals surface area (Å²) in [7, 11) is 1.70. The lowest BCUT2D eigenvalue weighted by atomic mass is 10.1. The molecule has 0 heterocycles. The van der Waals surface area contributed by atoms with Crippen molar-refractivity contribution in [1.29, 1.82) is 0 Å². The molecule has 0 radical (unpaired) electrons. The second-order valence-electron chi connectivity index (χ2n) is 5.50. The van der Waals surface area contributed by atoms with E-state index in [1.54, 1.807) is 7.11 Å². The molecule has 0 bridgehead atoms. The molecule has 0 saturated carbocycles. The molecule has 0 aromatic heterocycles. The zero-order valence-electron chi connectivity index (χ0n) is 13.0. The number of nitrogens with one attached hydrogen (secondary N) is 1. The van der Waals surface area contributed by atoms with E-state index in [0.29, 0.717) is 6.04 Å². The Morgan fingerprint density at radius 2 is 1.67 bits per heavy atom.